The van der Waals surface area contributed by atoms with Crippen molar-refractivity contribution in [2.45, 2.75) is 18.6 Å². The van der Waals surface area contributed by atoms with Gasteiger partial charge in [-0.25, -0.2) is 0 Å². The largest absolute Gasteiger partial charge is 0.508 e. The molecule has 1 spiro atoms. The maximum absolute atomic E-state index is 13.0. The molecule has 1 N–H and O–H groups in total. The third kappa shape index (κ3) is 3.23. The minimum absolute atomic E-state index is 0.00559. The number of phenolic OH excluding ortho intramolecular Hbond substituents is 1. The summed E-state index contributed by atoms with van der Waals surface area (Å²) < 4.78 is 11.9. The zero-order valence-electron chi connectivity index (χ0n) is 15.9. The molecular weight excluding hydrogens is 366 g/mol. The summed E-state index contributed by atoms with van der Waals surface area (Å²) in [7, 11) is 0. The Bertz CT molecular complexity index is 1050. The van der Waals surface area contributed by atoms with Crippen molar-refractivity contribution < 1.29 is 19.4 Å². The number of benzene rings is 3. The van der Waals surface area contributed by atoms with Gasteiger partial charge in [0.15, 0.2) is 0 Å². The zero-order valence-corrected chi connectivity index (χ0v) is 15.9. The van der Waals surface area contributed by atoms with Crippen molar-refractivity contribution in [3.05, 3.63) is 89.5 Å². The molecule has 146 valence electrons. The van der Waals surface area contributed by atoms with Gasteiger partial charge >= 0.3 is 0 Å². The van der Waals surface area contributed by atoms with E-state index in [2.05, 4.69) is 12.1 Å². The van der Waals surface area contributed by atoms with Crippen LogP contribution in [0.15, 0.2) is 72.8 Å². The lowest BCUT2D eigenvalue weighted by atomic mass is 9.92. The Kier molecular flexibility index (Phi) is 4.25. The highest BCUT2D eigenvalue weighted by molar-refractivity contribution is 5.94. The molecule has 0 bridgehead atoms. The summed E-state index contributed by atoms with van der Waals surface area (Å²) in [5.41, 5.74) is 2.70. The minimum Gasteiger partial charge on any atom is -0.508 e. The highest BCUT2D eigenvalue weighted by Gasteiger charge is 2.46. The van der Waals surface area contributed by atoms with Gasteiger partial charge in [-0.15, -0.1) is 0 Å². The highest BCUT2D eigenvalue weighted by atomic mass is 16.5. The van der Waals surface area contributed by atoms with Crippen molar-refractivity contribution in [2.24, 2.45) is 0 Å². The molecule has 0 radical (unpaired) electrons. The van der Waals surface area contributed by atoms with E-state index in [1.165, 1.54) is 11.1 Å². The van der Waals surface area contributed by atoms with Crippen molar-refractivity contribution in [3.8, 4) is 17.2 Å². The zero-order chi connectivity index (χ0) is 19.8. The van der Waals surface area contributed by atoms with Crippen molar-refractivity contribution in [1.29, 1.82) is 0 Å². The van der Waals surface area contributed by atoms with Crippen LogP contribution in [0.25, 0.3) is 0 Å². The predicted octanol–water partition coefficient (Wildman–Crippen LogP) is 4.46. The molecule has 3 aromatic rings. The maximum atomic E-state index is 13.0. The van der Waals surface area contributed by atoms with Crippen molar-refractivity contribution >= 4 is 5.91 Å². The normalized spacial score (nSPS) is 20.1. The summed E-state index contributed by atoms with van der Waals surface area (Å²) in [6.07, 6.45) is 0.817. The number of carbonyl (C=O) groups excluding carboxylic acids is 1. The summed E-state index contributed by atoms with van der Waals surface area (Å²) in [6, 6.07) is 21.9. The number of aromatic hydroxyl groups is 1. The van der Waals surface area contributed by atoms with Gasteiger partial charge in [-0.3, -0.25) is 4.79 Å². The number of ether oxygens (including phenoxy) is 2. The molecule has 1 fully saturated rings. The van der Waals surface area contributed by atoms with Crippen LogP contribution < -0.4 is 4.74 Å². The van der Waals surface area contributed by atoms with Gasteiger partial charge in [0.05, 0.1) is 13.2 Å². The van der Waals surface area contributed by atoms with Gasteiger partial charge in [0, 0.05) is 12.1 Å². The quantitative estimate of drug-likeness (QED) is 0.721. The van der Waals surface area contributed by atoms with Crippen LogP contribution in [0.5, 0.6) is 17.2 Å². The van der Waals surface area contributed by atoms with E-state index in [0.717, 1.165) is 6.42 Å². The fraction of sp³-hybridized carbons (Fsp3) is 0.208. The van der Waals surface area contributed by atoms with Crippen LogP contribution >= 0.6 is 0 Å². The third-order valence-corrected chi connectivity index (χ3v) is 5.70. The smallest absolute Gasteiger partial charge is 0.253 e. The van der Waals surface area contributed by atoms with E-state index < -0.39 is 0 Å². The monoisotopic (exact) mass is 387 g/mol. The summed E-state index contributed by atoms with van der Waals surface area (Å²) in [6.45, 7) is 1.87. The number of nitrogens with zero attached hydrogens (tertiary/aromatic N) is 1. The Morgan fingerprint density at radius 3 is 2.41 bits per heavy atom. The van der Waals surface area contributed by atoms with E-state index in [4.69, 9.17) is 9.47 Å². The molecule has 1 saturated heterocycles. The molecule has 0 aliphatic carbocycles. The topological polar surface area (TPSA) is 59.0 Å². The molecule has 5 heteroatoms. The van der Waals surface area contributed by atoms with Crippen LogP contribution in [-0.4, -0.2) is 29.0 Å². The summed E-state index contributed by atoms with van der Waals surface area (Å²) in [5, 5.41) is 9.35. The summed E-state index contributed by atoms with van der Waals surface area (Å²) in [5.74, 6) is 1.46. The molecule has 0 aromatic heterocycles. The third-order valence-electron chi connectivity index (χ3n) is 5.70. The number of likely N-dealkylation sites (tertiary alicyclic amines) is 1. The van der Waals surface area contributed by atoms with E-state index in [-0.39, 0.29) is 17.3 Å². The molecule has 5 rings (SSSR count). The Balaban J connectivity index is 1.28. The first-order chi connectivity index (χ1) is 14.1. The summed E-state index contributed by atoms with van der Waals surface area (Å²) >= 11 is 0. The number of carbonyl (C=O) groups is 1. The van der Waals surface area contributed by atoms with Crippen molar-refractivity contribution in [3.63, 3.8) is 0 Å². The average Bonchev–Trinajstić information content (AvgIpc) is 3.35. The number of hydrogen-bond donors (Lipinski definition) is 1. The molecule has 3 aromatic carbocycles. The van der Waals surface area contributed by atoms with Crippen LogP contribution in [0.2, 0.25) is 0 Å². The Hall–Kier alpha value is -3.31. The van der Waals surface area contributed by atoms with E-state index in [0.29, 0.717) is 36.8 Å². The molecule has 1 amide bonds. The van der Waals surface area contributed by atoms with E-state index in [9.17, 15) is 9.90 Å². The minimum atomic E-state index is -0.367. The van der Waals surface area contributed by atoms with E-state index in [1.807, 2.05) is 17.0 Å². The predicted molar refractivity (Wildman–Crippen MR) is 108 cm³/mol. The molecular formula is C24H21NO4. The Labute approximate surface area is 169 Å². The van der Waals surface area contributed by atoms with Crippen LogP contribution in [0.1, 0.15) is 27.9 Å². The fourth-order valence-corrected chi connectivity index (χ4v) is 4.18. The van der Waals surface area contributed by atoms with E-state index in [1.54, 1.807) is 48.5 Å². The standard InChI is InChI=1S/C24H21NO4/c26-19-7-11-21(12-8-19)29-20-9-5-17(6-10-20)23(27)25-14-13-24(16-25)22-4-2-1-3-18(22)15-28-24/h1-12,26H,13-16H2/t24-/m0/s1. The van der Waals surface area contributed by atoms with Gasteiger partial charge in [-0.1, -0.05) is 24.3 Å². The molecule has 5 nitrogen and oxygen atoms in total. The molecule has 2 aliphatic heterocycles. The second kappa shape index (κ2) is 6.94. The first-order valence-electron chi connectivity index (χ1n) is 9.72. The lowest BCUT2D eigenvalue weighted by molar-refractivity contribution is -0.0282. The molecule has 0 unspecified atom stereocenters. The summed E-state index contributed by atoms with van der Waals surface area (Å²) in [4.78, 5) is 14.9. The molecule has 1 atom stereocenters. The number of fused-ring (bicyclic) bond motifs is 2. The second-order valence-corrected chi connectivity index (χ2v) is 7.54. The van der Waals surface area contributed by atoms with Crippen LogP contribution in [-0.2, 0) is 16.9 Å². The first-order valence-corrected chi connectivity index (χ1v) is 9.72. The van der Waals surface area contributed by atoms with Gasteiger partial charge < -0.3 is 19.5 Å². The van der Waals surface area contributed by atoms with Gasteiger partial charge in [-0.2, -0.15) is 0 Å². The maximum Gasteiger partial charge on any atom is 0.253 e. The average molecular weight is 387 g/mol. The number of rotatable bonds is 3. The van der Waals surface area contributed by atoms with Gasteiger partial charge in [0.1, 0.15) is 22.8 Å². The number of amides is 1. The molecule has 0 saturated carbocycles. The van der Waals surface area contributed by atoms with Crippen molar-refractivity contribution in [1.82, 2.24) is 4.90 Å². The molecule has 2 aliphatic rings. The SMILES string of the molecule is O=C(c1ccc(Oc2ccc(O)cc2)cc1)N1CC[C@@]2(C1)OCc1ccccc12. The molecule has 2 heterocycles. The highest BCUT2D eigenvalue weighted by Crippen LogP contribution is 2.43. The lowest BCUT2D eigenvalue weighted by Crippen LogP contribution is -2.34. The Morgan fingerprint density at radius 1 is 0.966 bits per heavy atom. The van der Waals surface area contributed by atoms with Crippen LogP contribution in [0, 0.1) is 0 Å². The second-order valence-electron chi connectivity index (χ2n) is 7.54. The number of phenols is 1. The Morgan fingerprint density at radius 2 is 1.66 bits per heavy atom. The van der Waals surface area contributed by atoms with Crippen molar-refractivity contribution in [2.75, 3.05) is 13.1 Å². The first kappa shape index (κ1) is 17.8. The lowest BCUT2D eigenvalue weighted by Gasteiger charge is -2.24. The van der Waals surface area contributed by atoms with Crippen LogP contribution in [0.4, 0.5) is 0 Å². The molecule has 29 heavy (non-hydrogen) atoms. The van der Waals surface area contributed by atoms with E-state index >= 15 is 0 Å². The van der Waals surface area contributed by atoms with Gasteiger partial charge in [0.25, 0.3) is 5.91 Å². The fourth-order valence-electron chi connectivity index (χ4n) is 4.18. The number of hydrogen-bond acceptors (Lipinski definition) is 4. The van der Waals surface area contributed by atoms with Gasteiger partial charge in [0.2, 0.25) is 0 Å². The van der Waals surface area contributed by atoms with Crippen LogP contribution in [0.3, 0.4) is 0 Å². The van der Waals surface area contributed by atoms with Gasteiger partial charge in [-0.05, 0) is 66.1 Å².